The van der Waals surface area contributed by atoms with Gasteiger partial charge < -0.3 is 4.74 Å². The van der Waals surface area contributed by atoms with Gasteiger partial charge in [0.05, 0.1) is 18.9 Å². The minimum absolute atomic E-state index is 0.0678. The van der Waals surface area contributed by atoms with Crippen molar-refractivity contribution in [3.05, 3.63) is 26.6 Å². The van der Waals surface area contributed by atoms with Gasteiger partial charge in [0.25, 0.3) is 6.43 Å². The van der Waals surface area contributed by atoms with Crippen LogP contribution in [0, 0.1) is 3.70 Å². The van der Waals surface area contributed by atoms with E-state index in [1.165, 1.54) is 6.20 Å². The Labute approximate surface area is 122 Å². The van der Waals surface area contributed by atoms with E-state index in [2.05, 4.69) is 4.98 Å². The van der Waals surface area contributed by atoms with Crippen LogP contribution in [0.15, 0.2) is 6.20 Å². The van der Waals surface area contributed by atoms with Crippen molar-refractivity contribution in [3.63, 3.8) is 0 Å². The lowest BCUT2D eigenvalue weighted by molar-refractivity contribution is -0.142. The van der Waals surface area contributed by atoms with Crippen molar-refractivity contribution >= 4 is 40.2 Å². The molecular formula is C11H11ClF2INO2. The van der Waals surface area contributed by atoms with Gasteiger partial charge in [-0.15, -0.1) is 11.6 Å². The number of carbonyl (C=O) groups is 1. The molecule has 0 spiro atoms. The lowest BCUT2D eigenvalue weighted by Gasteiger charge is -2.13. The zero-order valence-corrected chi connectivity index (χ0v) is 12.5. The van der Waals surface area contributed by atoms with E-state index >= 15 is 0 Å². The van der Waals surface area contributed by atoms with E-state index in [4.69, 9.17) is 16.3 Å². The van der Waals surface area contributed by atoms with Crippen LogP contribution in [0.4, 0.5) is 8.78 Å². The Bertz CT molecular complexity index is 443. The van der Waals surface area contributed by atoms with Gasteiger partial charge in [0.15, 0.2) is 0 Å². The molecule has 3 nitrogen and oxygen atoms in total. The second kappa shape index (κ2) is 7.18. The molecule has 0 unspecified atom stereocenters. The Morgan fingerprint density at radius 1 is 1.61 bits per heavy atom. The third-order valence-electron chi connectivity index (χ3n) is 2.25. The minimum Gasteiger partial charge on any atom is -0.466 e. The largest absolute Gasteiger partial charge is 0.466 e. The highest BCUT2D eigenvalue weighted by Crippen LogP contribution is 2.30. The molecule has 0 amide bonds. The van der Waals surface area contributed by atoms with Crippen molar-refractivity contribution in [1.82, 2.24) is 4.98 Å². The van der Waals surface area contributed by atoms with Crippen LogP contribution in [0.3, 0.4) is 0 Å². The molecule has 0 aliphatic heterocycles. The molecule has 0 aliphatic rings. The first-order valence-corrected chi connectivity index (χ1v) is 6.78. The summed E-state index contributed by atoms with van der Waals surface area (Å²) in [6.45, 7) is 1.87. The number of alkyl halides is 3. The molecule has 100 valence electrons. The lowest BCUT2D eigenvalue weighted by Crippen LogP contribution is -2.12. The lowest BCUT2D eigenvalue weighted by atomic mass is 10.0. The minimum atomic E-state index is -2.69. The van der Waals surface area contributed by atoms with Gasteiger partial charge in [-0.1, -0.05) is 0 Å². The molecule has 7 heteroatoms. The first kappa shape index (κ1) is 15.6. The number of nitrogens with zero attached hydrogens (tertiary/aromatic N) is 1. The van der Waals surface area contributed by atoms with E-state index in [-0.39, 0.29) is 35.6 Å². The first-order chi connectivity index (χ1) is 8.51. The maximum atomic E-state index is 13.0. The first-order valence-electron chi connectivity index (χ1n) is 5.17. The van der Waals surface area contributed by atoms with Crippen LogP contribution in [0.2, 0.25) is 0 Å². The summed E-state index contributed by atoms with van der Waals surface area (Å²) in [5.41, 5.74) is 0.228. The van der Waals surface area contributed by atoms with E-state index in [1.807, 2.05) is 22.6 Å². The Kier molecular flexibility index (Phi) is 6.20. The highest BCUT2D eigenvalue weighted by molar-refractivity contribution is 14.1. The van der Waals surface area contributed by atoms with Gasteiger partial charge >= 0.3 is 5.97 Å². The van der Waals surface area contributed by atoms with Crippen molar-refractivity contribution in [3.8, 4) is 0 Å². The Hall–Kier alpha value is -0.500. The van der Waals surface area contributed by atoms with Crippen molar-refractivity contribution in [1.29, 1.82) is 0 Å². The highest BCUT2D eigenvalue weighted by Gasteiger charge is 2.22. The van der Waals surface area contributed by atoms with E-state index in [0.717, 1.165) is 0 Å². The van der Waals surface area contributed by atoms with Crippen molar-refractivity contribution < 1.29 is 18.3 Å². The molecule has 0 bridgehead atoms. The molecule has 0 aromatic carbocycles. The Morgan fingerprint density at radius 2 is 2.28 bits per heavy atom. The molecule has 0 N–H and O–H groups in total. The summed E-state index contributed by atoms with van der Waals surface area (Å²) in [4.78, 5) is 15.3. The third-order valence-corrected chi connectivity index (χ3v) is 3.44. The van der Waals surface area contributed by atoms with Gasteiger partial charge in [0, 0.05) is 17.3 Å². The molecule has 0 aliphatic carbocycles. The molecule has 0 atom stereocenters. The number of ether oxygens (including phenoxy) is 1. The maximum absolute atomic E-state index is 13.0. The third kappa shape index (κ3) is 3.74. The van der Waals surface area contributed by atoms with E-state index in [0.29, 0.717) is 3.70 Å². The molecule has 0 saturated carbocycles. The number of hydrogen-bond acceptors (Lipinski definition) is 3. The smallest absolute Gasteiger partial charge is 0.310 e. The molecule has 1 rings (SSSR count). The predicted octanol–water partition coefficient (Wildman–Crippen LogP) is 3.47. The molecule has 1 heterocycles. The number of aromatic nitrogens is 1. The highest BCUT2D eigenvalue weighted by atomic mass is 127. The SMILES string of the molecule is CCOC(=O)Cc1cnc(I)c(CCl)c1C(F)F. The summed E-state index contributed by atoms with van der Waals surface area (Å²) in [5.74, 6) is -0.621. The van der Waals surface area contributed by atoms with E-state index in [9.17, 15) is 13.6 Å². The average molecular weight is 390 g/mol. The number of halogens is 4. The van der Waals surface area contributed by atoms with Crippen LogP contribution >= 0.6 is 34.2 Å². The fourth-order valence-electron chi connectivity index (χ4n) is 1.49. The van der Waals surface area contributed by atoms with Gasteiger partial charge in [0.2, 0.25) is 0 Å². The Balaban J connectivity index is 3.15. The Morgan fingerprint density at radius 3 is 2.78 bits per heavy atom. The van der Waals surface area contributed by atoms with Crippen LogP contribution in [-0.2, 0) is 21.8 Å². The molecule has 1 aromatic heterocycles. The van der Waals surface area contributed by atoms with Crippen molar-refractivity contribution in [2.75, 3.05) is 6.61 Å². The van der Waals surface area contributed by atoms with Crippen molar-refractivity contribution in [2.24, 2.45) is 0 Å². The molecule has 0 saturated heterocycles. The molecule has 0 radical (unpaired) electrons. The fourth-order valence-corrected chi connectivity index (χ4v) is 2.61. The number of rotatable bonds is 5. The number of hydrogen-bond donors (Lipinski definition) is 0. The quantitative estimate of drug-likeness (QED) is 0.335. The second-order valence-corrected chi connectivity index (χ2v) is 4.67. The topological polar surface area (TPSA) is 39.2 Å². The molecule has 18 heavy (non-hydrogen) atoms. The summed E-state index contributed by atoms with van der Waals surface area (Å²) in [6, 6.07) is 0. The summed E-state index contributed by atoms with van der Waals surface area (Å²) < 4.78 is 31.3. The molecule has 1 aromatic rings. The maximum Gasteiger partial charge on any atom is 0.310 e. The van der Waals surface area contributed by atoms with Crippen LogP contribution in [-0.4, -0.2) is 17.6 Å². The summed E-state index contributed by atoms with van der Waals surface area (Å²) in [7, 11) is 0. The summed E-state index contributed by atoms with van der Waals surface area (Å²) in [5, 5.41) is 0. The molecule has 0 fully saturated rings. The number of pyridine rings is 1. The summed E-state index contributed by atoms with van der Waals surface area (Å²) in [6.07, 6.45) is -1.64. The normalized spacial score (nSPS) is 10.8. The van der Waals surface area contributed by atoms with Gasteiger partial charge in [-0.25, -0.2) is 13.8 Å². The average Bonchev–Trinajstić information content (AvgIpc) is 2.30. The van der Waals surface area contributed by atoms with E-state index < -0.39 is 12.4 Å². The number of carbonyl (C=O) groups excluding carboxylic acids is 1. The number of esters is 1. The summed E-state index contributed by atoms with van der Waals surface area (Å²) >= 11 is 7.50. The van der Waals surface area contributed by atoms with Crippen LogP contribution < -0.4 is 0 Å². The van der Waals surface area contributed by atoms with Gasteiger partial charge in [-0.05, 0) is 35.1 Å². The fraction of sp³-hybridized carbons (Fsp3) is 0.455. The van der Waals surface area contributed by atoms with E-state index in [1.54, 1.807) is 6.92 Å². The molecular weight excluding hydrogens is 378 g/mol. The van der Waals surface area contributed by atoms with Gasteiger partial charge in [-0.2, -0.15) is 0 Å². The zero-order chi connectivity index (χ0) is 13.7. The standard InChI is InChI=1S/C11H11ClF2INO2/c1-2-18-8(17)3-6-5-16-11(15)7(4-12)9(6)10(13)14/h5,10H,2-4H2,1H3. The van der Waals surface area contributed by atoms with Crippen LogP contribution in [0.5, 0.6) is 0 Å². The predicted molar refractivity (Wildman–Crippen MR) is 71.8 cm³/mol. The monoisotopic (exact) mass is 389 g/mol. The second-order valence-electron chi connectivity index (χ2n) is 3.38. The zero-order valence-electron chi connectivity index (χ0n) is 9.55. The van der Waals surface area contributed by atoms with Gasteiger partial charge in [-0.3, -0.25) is 4.79 Å². The van der Waals surface area contributed by atoms with Gasteiger partial charge in [0.1, 0.15) is 3.70 Å². The van der Waals surface area contributed by atoms with Crippen molar-refractivity contribution in [2.45, 2.75) is 25.7 Å². The van der Waals surface area contributed by atoms with Crippen LogP contribution in [0.1, 0.15) is 30.0 Å². The van der Waals surface area contributed by atoms with Crippen LogP contribution in [0.25, 0.3) is 0 Å².